The van der Waals surface area contributed by atoms with E-state index in [2.05, 4.69) is 39.2 Å². The van der Waals surface area contributed by atoms with Crippen LogP contribution >= 0.6 is 11.6 Å². The van der Waals surface area contributed by atoms with Gasteiger partial charge >= 0.3 is 0 Å². The number of nitrogens with zero attached hydrogens (tertiary/aromatic N) is 2. The number of aromatic amines is 2. The van der Waals surface area contributed by atoms with Gasteiger partial charge in [-0.25, -0.2) is 13.8 Å². The highest BCUT2D eigenvalue weighted by molar-refractivity contribution is 6.36. The zero-order valence-electron chi connectivity index (χ0n) is 20.6. The lowest BCUT2D eigenvalue weighted by Crippen LogP contribution is -1.97. The molecule has 2 N–H and O–H groups in total. The standard InChI is InChI=1S/C27H23ClF2N4.C2H4O/c1-2-4-16-5-3-6-17(11-16)14-25-32-27(34-33-25)21-13-18(7-8-22(21)29)12-20-23(30)15-24-19(26(20)28)9-10-31-24;1-2-3/h3,5-11,13,15,31H,2,4,12,14H2,1H3,(H,32,33,34);2H,1H3. The minimum Gasteiger partial charge on any atom is -0.361 e. The summed E-state index contributed by atoms with van der Waals surface area (Å²) in [7, 11) is 0. The number of aldehydes is 1. The van der Waals surface area contributed by atoms with E-state index in [0.717, 1.165) is 30.1 Å². The van der Waals surface area contributed by atoms with Gasteiger partial charge < -0.3 is 9.78 Å². The highest BCUT2D eigenvalue weighted by Gasteiger charge is 2.16. The molecule has 3 aromatic carbocycles. The van der Waals surface area contributed by atoms with Gasteiger partial charge in [-0.1, -0.05) is 55.3 Å². The first-order valence-electron chi connectivity index (χ1n) is 12.0. The number of rotatable bonds is 7. The second-order valence-electron chi connectivity index (χ2n) is 8.67. The zero-order chi connectivity index (χ0) is 26.4. The molecule has 2 heterocycles. The molecular weight excluding hydrogens is 494 g/mol. The number of fused-ring (bicyclic) bond motifs is 1. The maximum absolute atomic E-state index is 14.7. The van der Waals surface area contributed by atoms with Crippen LogP contribution in [0.4, 0.5) is 8.78 Å². The molecule has 37 heavy (non-hydrogen) atoms. The molecule has 5 aromatic rings. The number of aromatic nitrogens is 4. The van der Waals surface area contributed by atoms with Gasteiger partial charge in [0.2, 0.25) is 0 Å². The Kier molecular flexibility index (Phi) is 8.46. The molecule has 190 valence electrons. The number of halogens is 3. The predicted octanol–water partition coefficient (Wildman–Crippen LogP) is 7.22. The summed E-state index contributed by atoms with van der Waals surface area (Å²) in [5.74, 6) is 0.0791. The van der Waals surface area contributed by atoms with Crippen molar-refractivity contribution in [2.45, 2.75) is 39.5 Å². The molecule has 0 aliphatic rings. The Morgan fingerprint density at radius 2 is 1.73 bits per heavy atom. The highest BCUT2D eigenvalue weighted by atomic mass is 35.5. The lowest BCUT2D eigenvalue weighted by atomic mass is 10.0. The molecule has 0 aliphatic heterocycles. The third-order valence-corrected chi connectivity index (χ3v) is 6.36. The molecule has 0 fully saturated rings. The van der Waals surface area contributed by atoms with Gasteiger partial charge in [-0.15, -0.1) is 0 Å². The van der Waals surface area contributed by atoms with E-state index in [1.165, 1.54) is 24.6 Å². The third kappa shape index (κ3) is 6.12. The van der Waals surface area contributed by atoms with Crippen LogP contribution in [0.3, 0.4) is 0 Å². The number of hydrogen-bond acceptors (Lipinski definition) is 3. The third-order valence-electron chi connectivity index (χ3n) is 5.93. The van der Waals surface area contributed by atoms with Gasteiger partial charge in [0.15, 0.2) is 5.82 Å². The van der Waals surface area contributed by atoms with Gasteiger partial charge in [0.25, 0.3) is 0 Å². The summed E-state index contributed by atoms with van der Waals surface area (Å²) in [5, 5.41) is 8.27. The molecular formula is C29H27ClF2N4O. The number of benzene rings is 3. The van der Waals surface area contributed by atoms with E-state index < -0.39 is 11.6 Å². The van der Waals surface area contributed by atoms with E-state index in [1.54, 1.807) is 18.3 Å². The average molecular weight is 521 g/mol. The van der Waals surface area contributed by atoms with Gasteiger partial charge in [-0.2, -0.15) is 5.10 Å². The maximum atomic E-state index is 14.7. The highest BCUT2D eigenvalue weighted by Crippen LogP contribution is 2.32. The number of H-pyrrole nitrogens is 2. The van der Waals surface area contributed by atoms with E-state index >= 15 is 0 Å². The first-order valence-corrected chi connectivity index (χ1v) is 12.4. The summed E-state index contributed by atoms with van der Waals surface area (Å²) in [4.78, 5) is 16.3. The summed E-state index contributed by atoms with van der Waals surface area (Å²) in [5.41, 5.74) is 4.38. The SMILES string of the molecule is CC=O.CCCc1cccc(Cc2nc(-c3cc(Cc4c(F)cc5[nH]ccc5c4Cl)ccc3F)n[nH]2)c1. The largest absolute Gasteiger partial charge is 0.361 e. The second kappa shape index (κ2) is 11.9. The smallest absolute Gasteiger partial charge is 0.184 e. The quantitative estimate of drug-likeness (QED) is 0.222. The van der Waals surface area contributed by atoms with Crippen LogP contribution < -0.4 is 0 Å². The summed E-state index contributed by atoms with van der Waals surface area (Å²) in [6.07, 6.45) is 5.37. The molecule has 0 atom stereocenters. The molecule has 0 aliphatic carbocycles. The van der Waals surface area contributed by atoms with Crippen LogP contribution in [-0.4, -0.2) is 26.5 Å². The maximum Gasteiger partial charge on any atom is 0.184 e. The van der Waals surface area contributed by atoms with Gasteiger partial charge in [-0.05, 0) is 54.3 Å². The van der Waals surface area contributed by atoms with Crippen LogP contribution in [0.5, 0.6) is 0 Å². The van der Waals surface area contributed by atoms with E-state index in [0.29, 0.717) is 33.9 Å². The molecule has 2 aromatic heterocycles. The topological polar surface area (TPSA) is 74.4 Å². The second-order valence-corrected chi connectivity index (χ2v) is 9.05. The van der Waals surface area contributed by atoms with Crippen molar-refractivity contribution in [1.29, 1.82) is 0 Å². The molecule has 0 amide bonds. The Balaban J connectivity index is 0.00000102. The van der Waals surface area contributed by atoms with Gasteiger partial charge in [0, 0.05) is 35.5 Å². The van der Waals surface area contributed by atoms with Crippen molar-refractivity contribution < 1.29 is 13.6 Å². The molecule has 0 radical (unpaired) electrons. The van der Waals surface area contributed by atoms with Crippen LogP contribution in [0.15, 0.2) is 60.8 Å². The Labute approximate surface area is 218 Å². The Morgan fingerprint density at radius 1 is 0.973 bits per heavy atom. The first kappa shape index (κ1) is 26.2. The lowest BCUT2D eigenvalue weighted by Gasteiger charge is -2.09. The normalized spacial score (nSPS) is 10.8. The monoisotopic (exact) mass is 520 g/mol. The van der Waals surface area contributed by atoms with Crippen molar-refractivity contribution >= 4 is 28.8 Å². The number of carbonyl (C=O) groups excluding carboxylic acids is 1. The Hall–Kier alpha value is -3.84. The summed E-state index contributed by atoms with van der Waals surface area (Å²) in [6, 6.07) is 16.2. The fourth-order valence-electron chi connectivity index (χ4n) is 4.27. The fourth-order valence-corrected chi connectivity index (χ4v) is 4.59. The van der Waals surface area contributed by atoms with Gasteiger partial charge in [-0.3, -0.25) is 5.10 Å². The van der Waals surface area contributed by atoms with Gasteiger partial charge in [0.05, 0.1) is 10.6 Å². The van der Waals surface area contributed by atoms with E-state index in [9.17, 15) is 8.78 Å². The first-order chi connectivity index (χ1) is 17.9. The Morgan fingerprint density at radius 3 is 2.51 bits per heavy atom. The van der Waals surface area contributed by atoms with Crippen LogP contribution in [0.2, 0.25) is 5.02 Å². The van der Waals surface area contributed by atoms with E-state index in [4.69, 9.17) is 16.4 Å². The van der Waals surface area contributed by atoms with Crippen LogP contribution in [0, 0.1) is 11.6 Å². The molecule has 0 bridgehead atoms. The fraction of sp³-hybridized carbons (Fsp3) is 0.207. The zero-order valence-corrected chi connectivity index (χ0v) is 21.4. The van der Waals surface area contributed by atoms with Crippen molar-refractivity contribution in [1.82, 2.24) is 20.2 Å². The molecule has 0 saturated carbocycles. The molecule has 5 rings (SSSR count). The van der Waals surface area contributed by atoms with Crippen molar-refractivity contribution in [3.8, 4) is 11.4 Å². The van der Waals surface area contributed by atoms with E-state index in [1.807, 2.05) is 18.2 Å². The van der Waals surface area contributed by atoms with Crippen molar-refractivity contribution in [2.24, 2.45) is 0 Å². The minimum atomic E-state index is -0.438. The van der Waals surface area contributed by atoms with Gasteiger partial charge in [0.1, 0.15) is 23.7 Å². The number of hydrogen-bond donors (Lipinski definition) is 2. The summed E-state index contributed by atoms with van der Waals surface area (Å²) in [6.45, 7) is 3.60. The number of nitrogens with one attached hydrogen (secondary N) is 2. The lowest BCUT2D eigenvalue weighted by molar-refractivity contribution is -0.106. The molecule has 5 nitrogen and oxygen atoms in total. The molecule has 8 heteroatoms. The number of carbonyl (C=O) groups is 1. The average Bonchev–Trinajstić information content (AvgIpc) is 3.53. The number of aryl methyl sites for hydroxylation is 1. The van der Waals surface area contributed by atoms with Crippen molar-refractivity contribution in [3.05, 3.63) is 106 Å². The predicted molar refractivity (Wildman–Crippen MR) is 143 cm³/mol. The van der Waals surface area contributed by atoms with Crippen LogP contribution in [0.25, 0.3) is 22.3 Å². The minimum absolute atomic E-state index is 0.223. The van der Waals surface area contributed by atoms with Crippen molar-refractivity contribution in [3.63, 3.8) is 0 Å². The molecule has 0 unspecified atom stereocenters. The molecule has 0 spiro atoms. The van der Waals surface area contributed by atoms with Crippen LogP contribution in [0.1, 0.15) is 48.3 Å². The van der Waals surface area contributed by atoms with E-state index in [-0.39, 0.29) is 17.8 Å². The van der Waals surface area contributed by atoms with Crippen molar-refractivity contribution in [2.75, 3.05) is 0 Å². The molecule has 0 saturated heterocycles. The summed E-state index contributed by atoms with van der Waals surface area (Å²) < 4.78 is 29.4. The Bertz CT molecular complexity index is 1530. The van der Waals surface area contributed by atoms with Crippen LogP contribution in [-0.2, 0) is 24.1 Å². The summed E-state index contributed by atoms with van der Waals surface area (Å²) >= 11 is 6.47.